The van der Waals surface area contributed by atoms with Crippen LogP contribution in [0.2, 0.25) is 0 Å². The van der Waals surface area contributed by atoms with Crippen LogP contribution in [0.1, 0.15) is 92.2 Å². The number of carbonyl (C=O) groups is 5. The Balaban J connectivity index is 2.25. The number of aliphatic carboxylic acids is 1. The largest absolute Gasteiger partial charge is 0.480 e. The first-order valence-corrected chi connectivity index (χ1v) is 18.9. The molecule has 0 aliphatic carbocycles. The number of likely N-dealkylation sites (N-methyl/N-ethyl adjacent to an activating group) is 1. The normalized spacial score (nSPS) is 19.3. The van der Waals surface area contributed by atoms with Crippen LogP contribution in [0.4, 0.5) is 0 Å². The SMILES string of the molecule is CCC(C)C(C(CC(=O)N1CCC[C@H]1C(OC)C(C)C(=O)NC(Cc1ccc(C)cc1)C(=O)O)OC)N(C)C(=O)[C@@H](NC(=O)C(C)C(C)C)C(C)C. The van der Waals surface area contributed by atoms with Gasteiger partial charge in [0.15, 0.2) is 0 Å². The summed E-state index contributed by atoms with van der Waals surface area (Å²) in [5.74, 6) is -3.28. The number of methoxy groups -OCH3 is 2. The van der Waals surface area contributed by atoms with E-state index < -0.39 is 54.2 Å². The third-order valence-electron chi connectivity index (χ3n) is 11.1. The zero-order valence-electron chi connectivity index (χ0n) is 33.6. The van der Waals surface area contributed by atoms with Crippen LogP contribution in [-0.2, 0) is 39.9 Å². The lowest BCUT2D eigenvalue weighted by Gasteiger charge is -2.41. The van der Waals surface area contributed by atoms with Crippen molar-refractivity contribution < 1.29 is 38.6 Å². The molecule has 7 unspecified atom stereocenters. The van der Waals surface area contributed by atoms with E-state index in [-0.39, 0.29) is 54.2 Å². The number of likely N-dealkylation sites (tertiary alicyclic amines) is 1. The van der Waals surface area contributed by atoms with Gasteiger partial charge < -0.3 is 35.0 Å². The summed E-state index contributed by atoms with van der Waals surface area (Å²) >= 11 is 0. The van der Waals surface area contributed by atoms with Crippen LogP contribution >= 0.6 is 0 Å². The molecule has 1 heterocycles. The number of carboxylic acid groups (broad SMARTS) is 1. The molecule has 0 spiro atoms. The second kappa shape index (κ2) is 20.7. The summed E-state index contributed by atoms with van der Waals surface area (Å²) in [6.07, 6.45) is 0.861. The Morgan fingerprint density at radius 1 is 0.904 bits per heavy atom. The van der Waals surface area contributed by atoms with E-state index in [1.165, 1.54) is 7.11 Å². The number of carbonyl (C=O) groups excluding carboxylic acids is 4. The molecular formula is C40H66N4O8. The predicted octanol–water partition coefficient (Wildman–Crippen LogP) is 4.46. The predicted molar refractivity (Wildman–Crippen MR) is 201 cm³/mol. The van der Waals surface area contributed by atoms with E-state index in [4.69, 9.17) is 9.47 Å². The van der Waals surface area contributed by atoms with E-state index in [0.717, 1.165) is 17.5 Å². The fraction of sp³-hybridized carbons (Fsp3) is 0.725. The first-order valence-electron chi connectivity index (χ1n) is 18.9. The first kappa shape index (κ1) is 44.7. The molecule has 1 aromatic carbocycles. The molecule has 3 N–H and O–H groups in total. The lowest BCUT2D eigenvalue weighted by Crippen LogP contribution is -2.58. The zero-order chi connectivity index (χ0) is 39.4. The van der Waals surface area contributed by atoms with E-state index in [1.807, 2.05) is 79.7 Å². The van der Waals surface area contributed by atoms with Crippen molar-refractivity contribution in [1.82, 2.24) is 20.4 Å². The summed E-state index contributed by atoms with van der Waals surface area (Å²) in [7, 11) is 4.75. The molecule has 52 heavy (non-hydrogen) atoms. The van der Waals surface area contributed by atoms with Crippen LogP contribution in [0.15, 0.2) is 24.3 Å². The molecule has 12 heteroatoms. The monoisotopic (exact) mass is 730 g/mol. The number of ether oxygens (including phenoxy) is 2. The number of benzene rings is 1. The molecule has 1 fully saturated rings. The lowest BCUT2D eigenvalue weighted by atomic mass is 9.89. The average Bonchev–Trinajstić information content (AvgIpc) is 3.59. The topological polar surface area (TPSA) is 155 Å². The number of amides is 4. The fourth-order valence-electron chi connectivity index (χ4n) is 7.09. The van der Waals surface area contributed by atoms with Crippen molar-refractivity contribution in [3.8, 4) is 0 Å². The van der Waals surface area contributed by atoms with Crippen molar-refractivity contribution in [2.24, 2.45) is 29.6 Å². The summed E-state index contributed by atoms with van der Waals surface area (Å²) in [5, 5.41) is 15.6. The van der Waals surface area contributed by atoms with Crippen LogP contribution in [0.25, 0.3) is 0 Å². The molecule has 1 aromatic rings. The number of nitrogens with one attached hydrogen (secondary N) is 2. The number of nitrogens with zero attached hydrogens (tertiary/aromatic N) is 2. The van der Waals surface area contributed by atoms with Crippen LogP contribution in [0, 0.1) is 36.5 Å². The van der Waals surface area contributed by atoms with Gasteiger partial charge >= 0.3 is 5.97 Å². The highest BCUT2D eigenvalue weighted by molar-refractivity contribution is 5.89. The molecule has 1 aliphatic rings. The smallest absolute Gasteiger partial charge is 0.326 e. The maximum atomic E-state index is 14.1. The number of aryl methyl sites for hydroxylation is 1. The summed E-state index contributed by atoms with van der Waals surface area (Å²) in [5.41, 5.74) is 1.85. The van der Waals surface area contributed by atoms with Crippen LogP contribution in [0.3, 0.4) is 0 Å². The average molecular weight is 731 g/mol. The molecular weight excluding hydrogens is 664 g/mol. The van der Waals surface area contributed by atoms with Crippen molar-refractivity contribution in [3.63, 3.8) is 0 Å². The summed E-state index contributed by atoms with van der Waals surface area (Å²) < 4.78 is 11.8. The van der Waals surface area contributed by atoms with Crippen molar-refractivity contribution in [2.45, 2.75) is 131 Å². The van der Waals surface area contributed by atoms with Crippen LogP contribution < -0.4 is 10.6 Å². The van der Waals surface area contributed by atoms with E-state index >= 15 is 0 Å². The van der Waals surface area contributed by atoms with E-state index in [9.17, 15) is 29.1 Å². The highest BCUT2D eigenvalue weighted by Crippen LogP contribution is 2.30. The van der Waals surface area contributed by atoms with Crippen molar-refractivity contribution in [3.05, 3.63) is 35.4 Å². The van der Waals surface area contributed by atoms with Crippen LogP contribution in [0.5, 0.6) is 0 Å². The summed E-state index contributed by atoms with van der Waals surface area (Å²) in [6.45, 7) is 17.8. The molecule has 1 aliphatic heterocycles. The van der Waals surface area contributed by atoms with Gasteiger partial charge in [-0.25, -0.2) is 4.79 Å². The quantitative estimate of drug-likeness (QED) is 0.178. The second-order valence-corrected chi connectivity index (χ2v) is 15.4. The number of hydrogen-bond donors (Lipinski definition) is 3. The Hall–Kier alpha value is -3.51. The van der Waals surface area contributed by atoms with Gasteiger partial charge in [0, 0.05) is 40.2 Å². The molecule has 12 nitrogen and oxygen atoms in total. The fourth-order valence-corrected chi connectivity index (χ4v) is 7.09. The van der Waals surface area contributed by atoms with Gasteiger partial charge in [-0.2, -0.15) is 0 Å². The van der Waals surface area contributed by atoms with Gasteiger partial charge in [-0.1, -0.05) is 91.6 Å². The molecule has 4 amide bonds. The van der Waals surface area contributed by atoms with E-state index in [1.54, 1.807) is 30.9 Å². The molecule has 0 saturated carbocycles. The molecule has 0 bridgehead atoms. The van der Waals surface area contributed by atoms with Crippen LogP contribution in [-0.4, -0.2) is 109 Å². The minimum Gasteiger partial charge on any atom is -0.480 e. The lowest BCUT2D eigenvalue weighted by molar-refractivity contribution is -0.148. The minimum atomic E-state index is -1.13. The zero-order valence-corrected chi connectivity index (χ0v) is 33.6. The minimum absolute atomic E-state index is 0.00261. The Labute approximate surface area is 311 Å². The van der Waals surface area contributed by atoms with Gasteiger partial charge in [0.1, 0.15) is 12.1 Å². The Bertz CT molecular complexity index is 1340. The Morgan fingerprint density at radius 3 is 2.00 bits per heavy atom. The number of hydrogen-bond acceptors (Lipinski definition) is 7. The van der Waals surface area contributed by atoms with E-state index in [0.29, 0.717) is 19.4 Å². The Morgan fingerprint density at radius 2 is 1.50 bits per heavy atom. The maximum absolute atomic E-state index is 14.1. The summed E-state index contributed by atoms with van der Waals surface area (Å²) in [4.78, 5) is 70.2. The standard InChI is InChI=1S/C40H66N4O8/c1-13-26(7)35(43(10)39(48)34(24(4)5)42-37(46)27(8)23(2)3)32(51-11)22-33(45)44-20-14-15-31(44)36(52-12)28(9)38(47)41-30(40(49)50)21-29-18-16-25(6)17-19-29/h16-19,23-24,26-28,30-32,34-36H,13-15,20-22H2,1-12H3,(H,41,47)(H,42,46)(H,49,50)/t26?,27?,28?,30?,31-,32?,34-,35?,36?/m0/s1. The van der Waals surface area contributed by atoms with E-state index in [2.05, 4.69) is 10.6 Å². The molecule has 294 valence electrons. The Kier molecular flexibility index (Phi) is 17.7. The van der Waals surface area contributed by atoms with Crippen molar-refractivity contribution in [2.75, 3.05) is 27.8 Å². The van der Waals surface area contributed by atoms with Gasteiger partial charge in [0.05, 0.1) is 36.6 Å². The number of carboxylic acids is 1. The molecule has 2 rings (SSSR count). The third-order valence-corrected chi connectivity index (χ3v) is 11.1. The van der Waals surface area contributed by atoms with Crippen molar-refractivity contribution >= 4 is 29.6 Å². The number of rotatable bonds is 20. The van der Waals surface area contributed by atoms with Crippen molar-refractivity contribution in [1.29, 1.82) is 0 Å². The molecule has 1 saturated heterocycles. The second-order valence-electron chi connectivity index (χ2n) is 15.4. The van der Waals surface area contributed by atoms with Gasteiger partial charge in [-0.15, -0.1) is 0 Å². The van der Waals surface area contributed by atoms with Gasteiger partial charge in [0.25, 0.3) is 0 Å². The highest BCUT2D eigenvalue weighted by Gasteiger charge is 2.43. The molecule has 0 radical (unpaired) electrons. The molecule has 9 atom stereocenters. The van der Waals surface area contributed by atoms with Gasteiger partial charge in [0.2, 0.25) is 23.6 Å². The molecule has 0 aromatic heterocycles. The maximum Gasteiger partial charge on any atom is 0.326 e. The van der Waals surface area contributed by atoms with Gasteiger partial charge in [-0.3, -0.25) is 19.2 Å². The highest BCUT2D eigenvalue weighted by atomic mass is 16.5. The first-order chi connectivity index (χ1) is 24.4. The van der Waals surface area contributed by atoms with Gasteiger partial charge in [-0.05, 0) is 43.1 Å². The summed E-state index contributed by atoms with van der Waals surface area (Å²) in [6, 6.07) is 4.76. The third kappa shape index (κ3) is 11.7.